The van der Waals surface area contributed by atoms with Crippen LogP contribution in [0.5, 0.6) is 0 Å². The molecular formula is C8H5Br2FO2. The Hall–Kier alpha value is -0.420. The van der Waals surface area contributed by atoms with Crippen molar-refractivity contribution in [2.75, 3.05) is 0 Å². The SMILES string of the molecule is O=C(O)Cc1c(Br)ccc(Br)c1F. The lowest BCUT2D eigenvalue weighted by atomic mass is 10.1. The molecule has 5 heteroatoms. The molecule has 2 nitrogen and oxygen atoms in total. The lowest BCUT2D eigenvalue weighted by molar-refractivity contribution is -0.136. The second kappa shape index (κ2) is 4.19. The average Bonchev–Trinajstić information content (AvgIpc) is 2.05. The highest BCUT2D eigenvalue weighted by atomic mass is 79.9. The molecule has 0 aliphatic carbocycles. The smallest absolute Gasteiger partial charge is 0.307 e. The van der Waals surface area contributed by atoms with Crippen LogP contribution in [0.3, 0.4) is 0 Å². The van der Waals surface area contributed by atoms with Crippen molar-refractivity contribution in [1.29, 1.82) is 0 Å². The molecule has 0 aliphatic heterocycles. The lowest BCUT2D eigenvalue weighted by Crippen LogP contribution is -2.03. The Balaban J connectivity index is 3.17. The van der Waals surface area contributed by atoms with Gasteiger partial charge in [-0.3, -0.25) is 4.79 Å². The molecule has 0 bridgehead atoms. The van der Waals surface area contributed by atoms with E-state index in [0.717, 1.165) is 0 Å². The van der Waals surface area contributed by atoms with Crippen LogP contribution >= 0.6 is 31.9 Å². The number of aliphatic carboxylic acids is 1. The molecule has 1 aromatic rings. The first-order valence-electron chi connectivity index (χ1n) is 3.36. The van der Waals surface area contributed by atoms with Crippen LogP contribution in [0.2, 0.25) is 0 Å². The average molecular weight is 312 g/mol. The third-order valence-corrected chi connectivity index (χ3v) is 2.82. The molecule has 0 saturated carbocycles. The maximum absolute atomic E-state index is 13.3. The molecule has 1 aromatic carbocycles. The Bertz CT molecular complexity index is 352. The minimum absolute atomic E-state index is 0.155. The molecule has 1 N–H and O–H groups in total. The number of hydrogen-bond donors (Lipinski definition) is 1. The fraction of sp³-hybridized carbons (Fsp3) is 0.125. The summed E-state index contributed by atoms with van der Waals surface area (Å²) in [7, 11) is 0. The van der Waals surface area contributed by atoms with Gasteiger partial charge in [0.1, 0.15) is 5.82 Å². The molecule has 0 spiro atoms. The van der Waals surface area contributed by atoms with Crippen LogP contribution < -0.4 is 0 Å². The van der Waals surface area contributed by atoms with Crippen molar-refractivity contribution >= 4 is 37.8 Å². The number of benzene rings is 1. The van der Waals surface area contributed by atoms with Crippen molar-refractivity contribution < 1.29 is 14.3 Å². The van der Waals surface area contributed by atoms with Gasteiger partial charge in [-0.05, 0) is 28.1 Å². The van der Waals surface area contributed by atoms with E-state index < -0.39 is 11.8 Å². The largest absolute Gasteiger partial charge is 0.481 e. The lowest BCUT2D eigenvalue weighted by Gasteiger charge is -2.04. The molecule has 13 heavy (non-hydrogen) atoms. The van der Waals surface area contributed by atoms with E-state index in [2.05, 4.69) is 31.9 Å². The van der Waals surface area contributed by atoms with Crippen LogP contribution in [-0.2, 0) is 11.2 Å². The molecule has 0 amide bonds. The highest BCUT2D eigenvalue weighted by molar-refractivity contribution is 9.11. The standard InChI is InChI=1S/C8H5Br2FO2/c9-5-1-2-6(10)8(11)4(5)3-7(12)13/h1-2H,3H2,(H,12,13). The zero-order valence-electron chi connectivity index (χ0n) is 6.35. The van der Waals surface area contributed by atoms with E-state index in [1.54, 1.807) is 6.07 Å². The zero-order valence-corrected chi connectivity index (χ0v) is 9.52. The summed E-state index contributed by atoms with van der Waals surface area (Å²) in [6, 6.07) is 3.12. The minimum Gasteiger partial charge on any atom is -0.481 e. The number of hydrogen-bond acceptors (Lipinski definition) is 1. The number of carboxylic acid groups (broad SMARTS) is 1. The van der Waals surface area contributed by atoms with Gasteiger partial charge in [0.15, 0.2) is 0 Å². The molecule has 0 saturated heterocycles. The van der Waals surface area contributed by atoms with Crippen LogP contribution in [0.1, 0.15) is 5.56 Å². The topological polar surface area (TPSA) is 37.3 Å². The van der Waals surface area contributed by atoms with Crippen molar-refractivity contribution in [3.8, 4) is 0 Å². The van der Waals surface area contributed by atoms with Crippen LogP contribution in [0.4, 0.5) is 4.39 Å². The van der Waals surface area contributed by atoms with E-state index in [1.165, 1.54) is 6.07 Å². The maximum atomic E-state index is 13.3. The van der Waals surface area contributed by atoms with Crippen LogP contribution in [-0.4, -0.2) is 11.1 Å². The summed E-state index contributed by atoms with van der Waals surface area (Å²) in [5.74, 6) is -1.59. The van der Waals surface area contributed by atoms with E-state index in [4.69, 9.17) is 5.11 Å². The Kier molecular flexibility index (Phi) is 3.44. The normalized spacial score (nSPS) is 10.1. The first-order chi connectivity index (χ1) is 6.02. The van der Waals surface area contributed by atoms with Crippen molar-refractivity contribution in [3.05, 3.63) is 32.5 Å². The summed E-state index contributed by atoms with van der Waals surface area (Å²) in [5, 5.41) is 8.50. The van der Waals surface area contributed by atoms with Gasteiger partial charge >= 0.3 is 5.97 Å². The number of carboxylic acids is 1. The maximum Gasteiger partial charge on any atom is 0.307 e. The van der Waals surface area contributed by atoms with Gasteiger partial charge in [0.25, 0.3) is 0 Å². The fourth-order valence-electron chi connectivity index (χ4n) is 0.882. The predicted molar refractivity (Wildman–Crippen MR) is 53.1 cm³/mol. The Labute approximate surface area is 91.0 Å². The van der Waals surface area contributed by atoms with E-state index in [0.29, 0.717) is 4.47 Å². The third-order valence-electron chi connectivity index (χ3n) is 1.47. The van der Waals surface area contributed by atoms with Gasteiger partial charge in [-0.25, -0.2) is 4.39 Å². The molecule has 0 radical (unpaired) electrons. The molecular weight excluding hydrogens is 307 g/mol. The van der Waals surface area contributed by atoms with Gasteiger partial charge in [-0.1, -0.05) is 15.9 Å². The summed E-state index contributed by atoms with van der Waals surface area (Å²) in [5.41, 5.74) is 0.155. The monoisotopic (exact) mass is 310 g/mol. The molecule has 0 aliphatic rings. The van der Waals surface area contributed by atoms with Crippen molar-refractivity contribution in [3.63, 3.8) is 0 Å². The van der Waals surface area contributed by atoms with Crippen LogP contribution in [0.15, 0.2) is 21.1 Å². The summed E-state index contributed by atoms with van der Waals surface area (Å²) < 4.78 is 14.0. The fourth-order valence-corrected chi connectivity index (χ4v) is 1.70. The number of halogens is 3. The third kappa shape index (κ3) is 2.51. The van der Waals surface area contributed by atoms with Gasteiger partial charge in [0.2, 0.25) is 0 Å². The molecule has 0 aromatic heterocycles. The summed E-state index contributed by atoms with van der Waals surface area (Å²) in [4.78, 5) is 10.4. The molecule has 0 atom stereocenters. The highest BCUT2D eigenvalue weighted by Crippen LogP contribution is 2.26. The zero-order chi connectivity index (χ0) is 10.0. The highest BCUT2D eigenvalue weighted by Gasteiger charge is 2.13. The van der Waals surface area contributed by atoms with Gasteiger partial charge in [-0.2, -0.15) is 0 Å². The van der Waals surface area contributed by atoms with Crippen molar-refractivity contribution in [2.45, 2.75) is 6.42 Å². The first-order valence-corrected chi connectivity index (χ1v) is 4.95. The second-order valence-electron chi connectivity index (χ2n) is 2.39. The Morgan fingerprint density at radius 2 is 1.92 bits per heavy atom. The molecule has 70 valence electrons. The van der Waals surface area contributed by atoms with Gasteiger partial charge < -0.3 is 5.11 Å². The van der Waals surface area contributed by atoms with E-state index >= 15 is 0 Å². The van der Waals surface area contributed by atoms with Crippen molar-refractivity contribution in [2.24, 2.45) is 0 Å². The van der Waals surface area contributed by atoms with Crippen molar-refractivity contribution in [1.82, 2.24) is 0 Å². The summed E-state index contributed by atoms with van der Waals surface area (Å²) >= 11 is 6.07. The summed E-state index contributed by atoms with van der Waals surface area (Å²) in [6.07, 6.45) is -0.328. The van der Waals surface area contributed by atoms with E-state index in [-0.39, 0.29) is 16.5 Å². The molecule has 1 rings (SSSR count). The van der Waals surface area contributed by atoms with E-state index in [1.807, 2.05) is 0 Å². The summed E-state index contributed by atoms with van der Waals surface area (Å²) in [6.45, 7) is 0. The predicted octanol–water partition coefficient (Wildman–Crippen LogP) is 2.98. The Morgan fingerprint density at radius 3 is 2.46 bits per heavy atom. The minimum atomic E-state index is -1.06. The van der Waals surface area contributed by atoms with Gasteiger partial charge in [-0.15, -0.1) is 0 Å². The van der Waals surface area contributed by atoms with Crippen LogP contribution in [0.25, 0.3) is 0 Å². The van der Waals surface area contributed by atoms with Gasteiger partial charge in [0.05, 0.1) is 10.9 Å². The molecule has 0 heterocycles. The first kappa shape index (κ1) is 10.7. The van der Waals surface area contributed by atoms with Gasteiger partial charge in [0, 0.05) is 10.0 Å². The van der Waals surface area contributed by atoms with Crippen LogP contribution in [0, 0.1) is 5.82 Å². The van der Waals surface area contributed by atoms with E-state index in [9.17, 15) is 9.18 Å². The molecule has 0 unspecified atom stereocenters. The quantitative estimate of drug-likeness (QED) is 0.853. The number of carbonyl (C=O) groups is 1. The Morgan fingerprint density at radius 1 is 1.38 bits per heavy atom. The molecule has 0 fully saturated rings. The number of rotatable bonds is 2. The second-order valence-corrected chi connectivity index (χ2v) is 4.10.